The fraction of sp³-hybridized carbons (Fsp3) is 0.636. The topological polar surface area (TPSA) is 103 Å². The minimum atomic E-state index is -0.717. The lowest BCUT2D eigenvalue weighted by molar-refractivity contribution is -0.158. The molecule has 9 heteroatoms. The molecule has 168 valence electrons. The molecule has 2 aliphatic carbocycles. The van der Waals surface area contributed by atoms with Gasteiger partial charge >= 0.3 is 0 Å². The number of carbonyl (C=O) groups excluding carboxylic acids is 3. The van der Waals surface area contributed by atoms with Crippen LogP contribution in [-0.4, -0.2) is 57.5 Å². The first kappa shape index (κ1) is 21.7. The van der Waals surface area contributed by atoms with Gasteiger partial charge in [-0.25, -0.2) is 14.4 Å². The number of rotatable bonds is 8. The molecule has 1 aromatic heterocycles. The second-order valence-electron chi connectivity index (χ2n) is 9.32. The molecule has 8 nitrogen and oxygen atoms in total. The molecular weight excluding hydrogens is 403 g/mol. The fourth-order valence-electron chi connectivity index (χ4n) is 5.14. The van der Waals surface area contributed by atoms with E-state index in [0.717, 1.165) is 38.5 Å². The first-order valence-corrected chi connectivity index (χ1v) is 11.0. The molecule has 3 aliphatic rings. The number of pyridine rings is 1. The zero-order chi connectivity index (χ0) is 22.0. The summed E-state index contributed by atoms with van der Waals surface area (Å²) in [6.07, 6.45) is 9.01. The van der Waals surface area contributed by atoms with Gasteiger partial charge < -0.3 is 10.2 Å². The highest BCUT2D eigenvalue weighted by Gasteiger charge is 2.56. The molecule has 3 fully saturated rings. The lowest BCUT2D eigenvalue weighted by atomic mass is 9.91. The van der Waals surface area contributed by atoms with Crippen molar-refractivity contribution in [1.29, 1.82) is 0 Å². The van der Waals surface area contributed by atoms with Crippen LogP contribution in [0, 0.1) is 23.1 Å². The summed E-state index contributed by atoms with van der Waals surface area (Å²) in [4.78, 5) is 43.0. The van der Waals surface area contributed by atoms with Crippen LogP contribution in [0.3, 0.4) is 0 Å². The van der Waals surface area contributed by atoms with Crippen molar-refractivity contribution in [2.45, 2.75) is 57.4 Å². The van der Waals surface area contributed by atoms with E-state index in [9.17, 15) is 24.0 Å². The molecule has 0 radical (unpaired) electrons. The number of amides is 3. The maximum atomic E-state index is 14.0. The van der Waals surface area contributed by atoms with Crippen molar-refractivity contribution in [3.05, 3.63) is 24.1 Å². The highest BCUT2D eigenvalue weighted by Crippen LogP contribution is 2.55. The first-order valence-electron chi connectivity index (χ1n) is 11.0. The molecule has 0 aromatic carbocycles. The maximum Gasteiger partial charge on any atom is 0.248 e. The average molecular weight is 432 g/mol. The van der Waals surface area contributed by atoms with Gasteiger partial charge in [0.1, 0.15) is 6.04 Å². The van der Waals surface area contributed by atoms with Crippen LogP contribution in [0.15, 0.2) is 18.3 Å². The number of nitrogens with zero attached hydrogens (tertiary/aromatic N) is 3. The molecule has 1 aliphatic heterocycles. The number of hydroxylamine groups is 2. The third-order valence-corrected chi connectivity index (χ3v) is 7.02. The molecule has 2 heterocycles. The highest BCUT2D eigenvalue weighted by atomic mass is 19.1. The molecular formula is C22H29FN4O4. The standard InChI is InChI=1S/C22H29FN4O4/c23-17-6-3-9-24-19(17)25-20(29)18-11-22(7-8-22)13-27(18)21(30)16(12-26(31)14-28)10-15-4-1-2-5-15/h3,6,9,14-16,18,31H,1-2,4-5,7-8,10-13H2,(H,24,25,29). The Balaban J connectivity index is 1.51. The summed E-state index contributed by atoms with van der Waals surface area (Å²) in [5.41, 5.74) is -0.0538. The van der Waals surface area contributed by atoms with E-state index in [0.29, 0.717) is 36.8 Å². The van der Waals surface area contributed by atoms with Crippen LogP contribution < -0.4 is 5.32 Å². The molecule has 1 aromatic rings. The lowest BCUT2D eigenvalue weighted by Crippen LogP contribution is -2.48. The van der Waals surface area contributed by atoms with E-state index < -0.39 is 23.7 Å². The molecule has 3 amide bonds. The van der Waals surface area contributed by atoms with E-state index in [1.807, 2.05) is 0 Å². The van der Waals surface area contributed by atoms with Crippen LogP contribution in [0.4, 0.5) is 10.2 Å². The zero-order valence-electron chi connectivity index (χ0n) is 17.5. The molecule has 2 atom stereocenters. The number of anilines is 1. The Morgan fingerprint density at radius 2 is 2.13 bits per heavy atom. The van der Waals surface area contributed by atoms with E-state index in [-0.39, 0.29) is 23.7 Å². The van der Waals surface area contributed by atoms with Crippen LogP contribution in [-0.2, 0) is 14.4 Å². The number of likely N-dealkylation sites (tertiary alicyclic amines) is 1. The summed E-state index contributed by atoms with van der Waals surface area (Å²) in [7, 11) is 0. The fourth-order valence-corrected chi connectivity index (χ4v) is 5.14. The normalized spacial score (nSPS) is 23.0. The Hall–Kier alpha value is -2.55. The van der Waals surface area contributed by atoms with Gasteiger partial charge in [-0.1, -0.05) is 25.7 Å². The Labute approximate surface area is 180 Å². The molecule has 2 saturated carbocycles. The Bertz CT molecular complexity index is 841. The minimum absolute atomic E-state index is 0.0538. The second-order valence-corrected chi connectivity index (χ2v) is 9.32. The minimum Gasteiger partial charge on any atom is -0.330 e. The monoisotopic (exact) mass is 432 g/mol. The Morgan fingerprint density at radius 3 is 2.77 bits per heavy atom. The van der Waals surface area contributed by atoms with Crippen molar-refractivity contribution in [2.75, 3.05) is 18.4 Å². The summed E-state index contributed by atoms with van der Waals surface area (Å²) in [5.74, 6) is -1.66. The van der Waals surface area contributed by atoms with Crippen LogP contribution in [0.5, 0.6) is 0 Å². The Kier molecular flexibility index (Phi) is 6.22. The van der Waals surface area contributed by atoms with Crippen LogP contribution in [0.1, 0.15) is 51.4 Å². The van der Waals surface area contributed by atoms with Crippen molar-refractivity contribution in [1.82, 2.24) is 14.9 Å². The predicted octanol–water partition coefficient (Wildman–Crippen LogP) is 2.58. The SMILES string of the molecule is O=CN(O)CC(CC1CCCC1)C(=O)N1CC2(CC2)CC1C(=O)Nc1ncccc1F. The van der Waals surface area contributed by atoms with Gasteiger partial charge in [-0.15, -0.1) is 0 Å². The third kappa shape index (κ3) is 4.87. The summed E-state index contributed by atoms with van der Waals surface area (Å²) in [6.45, 7) is 0.383. The van der Waals surface area contributed by atoms with E-state index >= 15 is 0 Å². The van der Waals surface area contributed by atoms with Gasteiger partial charge in [-0.3, -0.25) is 19.6 Å². The number of nitrogens with one attached hydrogen (secondary N) is 1. The van der Waals surface area contributed by atoms with Crippen molar-refractivity contribution in [3.63, 3.8) is 0 Å². The number of hydrogen-bond donors (Lipinski definition) is 2. The lowest BCUT2D eigenvalue weighted by Gasteiger charge is -2.30. The smallest absolute Gasteiger partial charge is 0.248 e. The highest BCUT2D eigenvalue weighted by molar-refractivity contribution is 5.97. The van der Waals surface area contributed by atoms with E-state index in [2.05, 4.69) is 10.3 Å². The van der Waals surface area contributed by atoms with Gasteiger partial charge in [0, 0.05) is 12.7 Å². The van der Waals surface area contributed by atoms with E-state index in [1.165, 1.54) is 18.3 Å². The van der Waals surface area contributed by atoms with Gasteiger partial charge in [-0.2, -0.15) is 0 Å². The van der Waals surface area contributed by atoms with Crippen LogP contribution in [0.25, 0.3) is 0 Å². The third-order valence-electron chi connectivity index (χ3n) is 7.02. The van der Waals surface area contributed by atoms with Gasteiger partial charge in [-0.05, 0) is 49.1 Å². The van der Waals surface area contributed by atoms with Crippen LogP contribution >= 0.6 is 0 Å². The Morgan fingerprint density at radius 1 is 1.39 bits per heavy atom. The van der Waals surface area contributed by atoms with Crippen molar-refractivity contribution in [3.8, 4) is 0 Å². The predicted molar refractivity (Wildman–Crippen MR) is 109 cm³/mol. The quantitative estimate of drug-likeness (QED) is 0.373. The van der Waals surface area contributed by atoms with Gasteiger partial charge in [0.2, 0.25) is 18.2 Å². The molecule has 2 unspecified atom stereocenters. The van der Waals surface area contributed by atoms with Gasteiger partial charge in [0.15, 0.2) is 11.6 Å². The number of carbonyl (C=O) groups is 3. The molecule has 0 bridgehead atoms. The van der Waals surface area contributed by atoms with Gasteiger partial charge in [0.05, 0.1) is 12.5 Å². The summed E-state index contributed by atoms with van der Waals surface area (Å²) in [5, 5.41) is 12.8. The molecule has 1 spiro atoms. The van der Waals surface area contributed by atoms with E-state index in [1.54, 1.807) is 4.90 Å². The molecule has 4 rings (SSSR count). The summed E-state index contributed by atoms with van der Waals surface area (Å²) >= 11 is 0. The van der Waals surface area contributed by atoms with Gasteiger partial charge in [0.25, 0.3) is 0 Å². The molecule has 1 saturated heterocycles. The van der Waals surface area contributed by atoms with E-state index in [4.69, 9.17) is 0 Å². The maximum absolute atomic E-state index is 14.0. The molecule has 2 N–H and O–H groups in total. The average Bonchev–Trinajstić information content (AvgIpc) is 3.13. The molecule has 31 heavy (non-hydrogen) atoms. The zero-order valence-corrected chi connectivity index (χ0v) is 17.5. The second kappa shape index (κ2) is 8.90. The van der Waals surface area contributed by atoms with Crippen molar-refractivity contribution >= 4 is 24.0 Å². The number of aromatic nitrogens is 1. The first-order chi connectivity index (χ1) is 14.9. The largest absolute Gasteiger partial charge is 0.330 e. The van der Waals surface area contributed by atoms with Crippen molar-refractivity contribution < 1.29 is 24.0 Å². The summed E-state index contributed by atoms with van der Waals surface area (Å²) < 4.78 is 14.0. The van der Waals surface area contributed by atoms with Crippen LogP contribution in [0.2, 0.25) is 0 Å². The number of halogens is 1. The summed E-state index contributed by atoms with van der Waals surface area (Å²) in [6, 6.07) is 1.94. The number of hydrogen-bond acceptors (Lipinski definition) is 5. The van der Waals surface area contributed by atoms with Crippen molar-refractivity contribution in [2.24, 2.45) is 17.3 Å².